The summed E-state index contributed by atoms with van der Waals surface area (Å²) in [5.41, 5.74) is 1.55. The van der Waals surface area contributed by atoms with Crippen molar-refractivity contribution in [3.63, 3.8) is 0 Å². The van der Waals surface area contributed by atoms with Gasteiger partial charge in [-0.05, 0) is 23.8 Å². The number of hydrogen-bond acceptors (Lipinski definition) is 3. The summed E-state index contributed by atoms with van der Waals surface area (Å²) >= 11 is 0. The van der Waals surface area contributed by atoms with Gasteiger partial charge in [0.2, 0.25) is 0 Å². The number of aromatic hydroxyl groups is 1. The van der Waals surface area contributed by atoms with Crippen LogP contribution in [0.4, 0.5) is 4.39 Å². The highest BCUT2D eigenvalue weighted by atomic mass is 19.1. The van der Waals surface area contributed by atoms with Gasteiger partial charge in [-0.1, -0.05) is 12.1 Å². The number of rotatable bonds is 1. The van der Waals surface area contributed by atoms with Gasteiger partial charge in [0.25, 0.3) is 0 Å². The maximum absolute atomic E-state index is 13.4. The van der Waals surface area contributed by atoms with Crippen molar-refractivity contribution in [3.8, 4) is 23.1 Å². The molecule has 0 amide bonds. The van der Waals surface area contributed by atoms with Crippen LogP contribution in [-0.2, 0) is 0 Å². The average Bonchev–Trinajstić information content (AvgIpc) is 2.49. The van der Waals surface area contributed by atoms with E-state index in [4.69, 9.17) is 5.26 Å². The van der Waals surface area contributed by atoms with Gasteiger partial charge in [-0.2, -0.15) is 5.26 Å². The molecule has 0 fully saturated rings. The van der Waals surface area contributed by atoms with Gasteiger partial charge in [0, 0.05) is 23.2 Å². The summed E-state index contributed by atoms with van der Waals surface area (Å²) in [6.45, 7) is 0. The Labute approximate surface area is 118 Å². The predicted molar refractivity (Wildman–Crippen MR) is 76.3 cm³/mol. The molecule has 102 valence electrons. The number of nitrogens with one attached hydrogen (secondary N) is 1. The second-order valence-corrected chi connectivity index (χ2v) is 4.59. The summed E-state index contributed by atoms with van der Waals surface area (Å²) in [5, 5.41) is 18.4. The lowest BCUT2D eigenvalue weighted by Gasteiger charge is -2.06. The molecule has 0 aliphatic rings. The highest BCUT2D eigenvalue weighted by molar-refractivity contribution is 5.83. The molecule has 21 heavy (non-hydrogen) atoms. The number of phenolic OH excluding ortho intramolecular Hbond substituents is 1. The van der Waals surface area contributed by atoms with Crippen molar-refractivity contribution in [2.75, 3.05) is 0 Å². The minimum absolute atomic E-state index is 0.203. The molecular formula is C16H9FN2O2. The van der Waals surface area contributed by atoms with E-state index in [2.05, 4.69) is 4.98 Å². The quantitative estimate of drug-likeness (QED) is 0.719. The van der Waals surface area contributed by atoms with E-state index >= 15 is 0 Å². The molecule has 0 saturated heterocycles. The molecule has 0 unspecified atom stereocenters. The summed E-state index contributed by atoms with van der Waals surface area (Å²) in [6, 6.07) is 12.3. The van der Waals surface area contributed by atoms with Crippen LogP contribution >= 0.6 is 0 Å². The maximum atomic E-state index is 13.4. The Kier molecular flexibility index (Phi) is 2.92. The summed E-state index contributed by atoms with van der Waals surface area (Å²) in [5.74, 6) is -1.37. The largest absolute Gasteiger partial charge is 0.505 e. The Morgan fingerprint density at radius 1 is 1.19 bits per heavy atom. The molecular weight excluding hydrogens is 271 g/mol. The highest BCUT2D eigenvalue weighted by Crippen LogP contribution is 2.23. The zero-order valence-corrected chi connectivity index (χ0v) is 10.7. The highest BCUT2D eigenvalue weighted by Gasteiger charge is 2.09. The van der Waals surface area contributed by atoms with Crippen LogP contribution in [-0.4, -0.2) is 10.1 Å². The standard InChI is InChI=1S/C16H9FN2O2/c17-12-6-14-11(5-16(12)21)15(20)7-13(19-14)10-3-1-2-9(4-10)8-18/h1-7,21H,(H,19,20). The van der Waals surface area contributed by atoms with Gasteiger partial charge in [-0.15, -0.1) is 0 Å². The summed E-state index contributed by atoms with van der Waals surface area (Å²) in [7, 11) is 0. The van der Waals surface area contributed by atoms with Gasteiger partial charge < -0.3 is 10.1 Å². The number of halogens is 1. The number of pyridine rings is 1. The van der Waals surface area contributed by atoms with Crippen LogP contribution < -0.4 is 5.43 Å². The zero-order chi connectivity index (χ0) is 15.0. The number of aromatic nitrogens is 1. The van der Waals surface area contributed by atoms with E-state index in [1.54, 1.807) is 24.3 Å². The van der Waals surface area contributed by atoms with Gasteiger partial charge in [-0.25, -0.2) is 4.39 Å². The minimum atomic E-state index is -0.805. The lowest BCUT2D eigenvalue weighted by Crippen LogP contribution is -2.03. The number of benzene rings is 2. The fourth-order valence-electron chi connectivity index (χ4n) is 2.17. The van der Waals surface area contributed by atoms with Crippen LogP contribution in [0.5, 0.6) is 5.75 Å². The fraction of sp³-hybridized carbons (Fsp3) is 0. The third kappa shape index (κ3) is 2.23. The Balaban J connectivity index is 2.27. The van der Waals surface area contributed by atoms with Gasteiger partial charge in [0.15, 0.2) is 17.0 Å². The van der Waals surface area contributed by atoms with E-state index in [0.717, 1.165) is 12.1 Å². The number of phenols is 1. The first-order chi connectivity index (χ1) is 10.1. The van der Waals surface area contributed by atoms with Crippen molar-refractivity contribution in [2.24, 2.45) is 0 Å². The third-order valence-electron chi connectivity index (χ3n) is 3.20. The van der Waals surface area contributed by atoms with Crippen molar-refractivity contribution < 1.29 is 9.50 Å². The molecule has 3 rings (SSSR count). The lowest BCUT2D eigenvalue weighted by molar-refractivity contribution is 0.433. The van der Waals surface area contributed by atoms with Gasteiger partial charge in [0.1, 0.15) is 0 Å². The smallest absolute Gasteiger partial charge is 0.190 e. The van der Waals surface area contributed by atoms with E-state index in [1.807, 2.05) is 6.07 Å². The molecule has 0 bridgehead atoms. The van der Waals surface area contributed by atoms with Gasteiger partial charge in [-0.3, -0.25) is 4.79 Å². The number of nitrogens with zero attached hydrogens (tertiary/aromatic N) is 1. The molecule has 0 spiro atoms. The first kappa shape index (κ1) is 12.9. The Hall–Kier alpha value is -3.13. The topological polar surface area (TPSA) is 76.9 Å². The monoisotopic (exact) mass is 280 g/mol. The summed E-state index contributed by atoms with van der Waals surface area (Å²) in [4.78, 5) is 15.0. The molecule has 0 aliphatic heterocycles. The lowest BCUT2D eigenvalue weighted by atomic mass is 10.1. The van der Waals surface area contributed by atoms with Crippen molar-refractivity contribution in [1.29, 1.82) is 5.26 Å². The number of aromatic amines is 1. The second-order valence-electron chi connectivity index (χ2n) is 4.59. The molecule has 0 atom stereocenters. The van der Waals surface area contributed by atoms with Crippen LogP contribution in [0, 0.1) is 17.1 Å². The molecule has 2 N–H and O–H groups in total. The van der Waals surface area contributed by atoms with E-state index in [1.165, 1.54) is 6.07 Å². The van der Waals surface area contributed by atoms with Crippen molar-refractivity contribution in [1.82, 2.24) is 4.98 Å². The Bertz CT molecular complexity index is 955. The molecule has 0 radical (unpaired) electrons. The number of nitriles is 1. The number of H-pyrrole nitrogens is 1. The molecule has 5 heteroatoms. The normalized spacial score (nSPS) is 10.5. The van der Waals surface area contributed by atoms with Crippen LogP contribution in [0.2, 0.25) is 0 Å². The Morgan fingerprint density at radius 2 is 2.00 bits per heavy atom. The number of fused-ring (bicyclic) bond motifs is 1. The Morgan fingerprint density at radius 3 is 2.76 bits per heavy atom. The van der Waals surface area contributed by atoms with E-state index in [9.17, 15) is 14.3 Å². The SMILES string of the molecule is N#Cc1cccc(-c2cc(=O)c3cc(O)c(F)cc3[nH]2)c1. The molecule has 4 nitrogen and oxygen atoms in total. The van der Waals surface area contributed by atoms with E-state index in [0.29, 0.717) is 16.8 Å². The third-order valence-corrected chi connectivity index (χ3v) is 3.20. The first-order valence-corrected chi connectivity index (χ1v) is 6.14. The molecule has 0 aliphatic carbocycles. The van der Waals surface area contributed by atoms with Crippen LogP contribution in [0.15, 0.2) is 47.3 Å². The number of hydrogen-bond donors (Lipinski definition) is 2. The van der Waals surface area contributed by atoms with Crippen LogP contribution in [0.25, 0.3) is 22.2 Å². The van der Waals surface area contributed by atoms with E-state index < -0.39 is 11.6 Å². The van der Waals surface area contributed by atoms with Crippen molar-refractivity contribution >= 4 is 10.9 Å². The van der Waals surface area contributed by atoms with Crippen LogP contribution in [0.3, 0.4) is 0 Å². The van der Waals surface area contributed by atoms with Gasteiger partial charge in [0.05, 0.1) is 17.1 Å². The summed E-state index contributed by atoms with van der Waals surface area (Å²) in [6.07, 6.45) is 0. The molecule has 1 heterocycles. The van der Waals surface area contributed by atoms with E-state index in [-0.39, 0.29) is 16.3 Å². The molecule has 2 aromatic carbocycles. The molecule has 1 aromatic heterocycles. The van der Waals surface area contributed by atoms with Crippen LogP contribution in [0.1, 0.15) is 5.56 Å². The van der Waals surface area contributed by atoms with Crippen molar-refractivity contribution in [3.05, 3.63) is 64.1 Å². The molecule has 0 saturated carbocycles. The zero-order valence-electron chi connectivity index (χ0n) is 10.7. The first-order valence-electron chi connectivity index (χ1n) is 6.14. The maximum Gasteiger partial charge on any atom is 0.190 e. The molecule has 3 aromatic rings. The fourth-order valence-corrected chi connectivity index (χ4v) is 2.17. The minimum Gasteiger partial charge on any atom is -0.505 e. The second kappa shape index (κ2) is 4.76. The van der Waals surface area contributed by atoms with Crippen molar-refractivity contribution in [2.45, 2.75) is 0 Å². The predicted octanol–water partition coefficient (Wildman–Crippen LogP) is 2.91. The average molecular weight is 280 g/mol. The van der Waals surface area contributed by atoms with Gasteiger partial charge >= 0.3 is 0 Å². The summed E-state index contributed by atoms with van der Waals surface area (Å²) < 4.78 is 13.4.